The molecular formula is C11H20O3. The molecule has 1 rings (SSSR count). The number of aldehydes is 1. The van der Waals surface area contributed by atoms with E-state index in [9.17, 15) is 4.79 Å². The van der Waals surface area contributed by atoms with E-state index in [0.29, 0.717) is 31.5 Å². The van der Waals surface area contributed by atoms with Crippen LogP contribution in [0.3, 0.4) is 0 Å². The molecule has 14 heavy (non-hydrogen) atoms. The summed E-state index contributed by atoms with van der Waals surface area (Å²) in [5.41, 5.74) is 0. The fourth-order valence-electron chi connectivity index (χ4n) is 1.91. The molecule has 1 atom stereocenters. The lowest BCUT2D eigenvalue weighted by molar-refractivity contribution is -0.109. The molecule has 0 bridgehead atoms. The maximum absolute atomic E-state index is 10.5. The van der Waals surface area contributed by atoms with Crippen LogP contribution < -0.4 is 0 Å². The third-order valence-corrected chi connectivity index (χ3v) is 2.45. The van der Waals surface area contributed by atoms with Crippen molar-refractivity contribution in [1.29, 1.82) is 0 Å². The topological polar surface area (TPSA) is 35.5 Å². The van der Waals surface area contributed by atoms with Crippen LogP contribution in [0.2, 0.25) is 0 Å². The minimum Gasteiger partial charge on any atom is -0.350 e. The lowest BCUT2D eigenvalue weighted by Gasteiger charge is -2.19. The van der Waals surface area contributed by atoms with Crippen LogP contribution in [0.25, 0.3) is 0 Å². The van der Waals surface area contributed by atoms with Gasteiger partial charge in [0.05, 0.1) is 13.2 Å². The Labute approximate surface area is 85.8 Å². The van der Waals surface area contributed by atoms with Gasteiger partial charge in [0.1, 0.15) is 6.29 Å². The van der Waals surface area contributed by atoms with Crippen molar-refractivity contribution in [3.8, 4) is 0 Å². The Morgan fingerprint density at radius 2 is 2.00 bits per heavy atom. The second-order valence-corrected chi connectivity index (χ2v) is 4.30. The van der Waals surface area contributed by atoms with Crippen LogP contribution in [0, 0.1) is 11.8 Å². The highest BCUT2D eigenvalue weighted by molar-refractivity contribution is 5.49. The molecule has 3 heteroatoms. The second-order valence-electron chi connectivity index (χ2n) is 4.30. The van der Waals surface area contributed by atoms with E-state index in [1.807, 2.05) is 0 Å². The minimum absolute atomic E-state index is 0.0706. The number of rotatable bonds is 6. The van der Waals surface area contributed by atoms with Crippen LogP contribution >= 0.6 is 0 Å². The first-order valence-electron chi connectivity index (χ1n) is 5.39. The van der Waals surface area contributed by atoms with Crippen molar-refractivity contribution >= 4 is 6.29 Å². The highest BCUT2D eigenvalue weighted by Gasteiger charge is 2.21. The average Bonchev–Trinajstić information content (AvgIpc) is 2.56. The molecule has 0 N–H and O–H groups in total. The summed E-state index contributed by atoms with van der Waals surface area (Å²) in [6.45, 7) is 5.74. The summed E-state index contributed by atoms with van der Waals surface area (Å²) in [6, 6.07) is 0. The smallest absolute Gasteiger partial charge is 0.158 e. The highest BCUT2D eigenvalue weighted by Crippen LogP contribution is 2.23. The van der Waals surface area contributed by atoms with E-state index in [1.165, 1.54) is 0 Å². The molecule has 1 aliphatic heterocycles. The zero-order valence-corrected chi connectivity index (χ0v) is 9.07. The van der Waals surface area contributed by atoms with Crippen LogP contribution in [0.15, 0.2) is 0 Å². The Balaban J connectivity index is 2.29. The van der Waals surface area contributed by atoms with Crippen LogP contribution in [-0.4, -0.2) is 25.8 Å². The van der Waals surface area contributed by atoms with Gasteiger partial charge in [-0.15, -0.1) is 0 Å². The second kappa shape index (κ2) is 6.14. The molecule has 1 saturated heterocycles. The molecular weight excluding hydrogens is 180 g/mol. The number of carbonyl (C=O) groups excluding carboxylic acids is 1. The lowest BCUT2D eigenvalue weighted by Crippen LogP contribution is -2.16. The van der Waals surface area contributed by atoms with Gasteiger partial charge in [-0.25, -0.2) is 0 Å². The molecule has 3 nitrogen and oxygen atoms in total. The van der Waals surface area contributed by atoms with Gasteiger partial charge in [-0.05, 0) is 18.3 Å². The summed E-state index contributed by atoms with van der Waals surface area (Å²) in [5.74, 6) is 1.04. The number of hydrogen-bond donors (Lipinski definition) is 0. The van der Waals surface area contributed by atoms with Gasteiger partial charge in [-0.2, -0.15) is 0 Å². The van der Waals surface area contributed by atoms with Crippen molar-refractivity contribution < 1.29 is 14.3 Å². The van der Waals surface area contributed by atoms with Crippen molar-refractivity contribution in [2.24, 2.45) is 11.8 Å². The molecule has 0 spiro atoms. The van der Waals surface area contributed by atoms with Gasteiger partial charge in [0.25, 0.3) is 0 Å². The van der Waals surface area contributed by atoms with Crippen LogP contribution in [0.5, 0.6) is 0 Å². The van der Waals surface area contributed by atoms with Gasteiger partial charge in [-0.1, -0.05) is 13.8 Å². The van der Waals surface area contributed by atoms with E-state index in [2.05, 4.69) is 13.8 Å². The van der Waals surface area contributed by atoms with Crippen LogP contribution in [0.1, 0.15) is 33.1 Å². The van der Waals surface area contributed by atoms with E-state index >= 15 is 0 Å². The third kappa shape index (κ3) is 4.20. The van der Waals surface area contributed by atoms with Gasteiger partial charge < -0.3 is 14.3 Å². The molecule has 0 saturated carbocycles. The van der Waals surface area contributed by atoms with Crippen LogP contribution in [0.4, 0.5) is 0 Å². The predicted octanol–water partition coefficient (Wildman–Crippen LogP) is 2.00. The van der Waals surface area contributed by atoms with Crippen molar-refractivity contribution in [2.45, 2.75) is 39.4 Å². The van der Waals surface area contributed by atoms with E-state index in [1.54, 1.807) is 0 Å². The molecule has 1 aliphatic rings. The molecule has 1 fully saturated rings. The summed E-state index contributed by atoms with van der Waals surface area (Å²) in [5, 5.41) is 0. The maximum Gasteiger partial charge on any atom is 0.158 e. The molecule has 0 amide bonds. The van der Waals surface area contributed by atoms with Crippen molar-refractivity contribution in [2.75, 3.05) is 13.2 Å². The summed E-state index contributed by atoms with van der Waals surface area (Å²) in [4.78, 5) is 10.5. The molecule has 0 radical (unpaired) electrons. The first-order chi connectivity index (χ1) is 6.72. The van der Waals surface area contributed by atoms with Crippen molar-refractivity contribution in [1.82, 2.24) is 0 Å². The molecule has 0 aromatic rings. The highest BCUT2D eigenvalue weighted by atomic mass is 16.7. The van der Waals surface area contributed by atoms with Gasteiger partial charge in [0, 0.05) is 12.8 Å². The van der Waals surface area contributed by atoms with E-state index in [0.717, 1.165) is 19.1 Å². The quantitative estimate of drug-likeness (QED) is 0.615. The van der Waals surface area contributed by atoms with Crippen LogP contribution in [-0.2, 0) is 14.3 Å². The fraction of sp³-hybridized carbons (Fsp3) is 0.909. The molecule has 1 heterocycles. The molecule has 0 aliphatic carbocycles. The summed E-state index contributed by atoms with van der Waals surface area (Å²) >= 11 is 0. The lowest BCUT2D eigenvalue weighted by atomic mass is 9.91. The Kier molecular flexibility index (Phi) is 5.12. The summed E-state index contributed by atoms with van der Waals surface area (Å²) < 4.78 is 10.7. The predicted molar refractivity (Wildman–Crippen MR) is 53.9 cm³/mol. The van der Waals surface area contributed by atoms with Gasteiger partial charge >= 0.3 is 0 Å². The third-order valence-electron chi connectivity index (χ3n) is 2.45. The zero-order chi connectivity index (χ0) is 10.4. The Bertz CT molecular complexity index is 162. The number of carbonyl (C=O) groups is 1. The molecule has 0 aromatic heterocycles. The monoisotopic (exact) mass is 200 g/mol. The fourth-order valence-corrected chi connectivity index (χ4v) is 1.91. The standard InChI is InChI=1S/C11H20O3/c1-9(2)7-10(3-4-12)8-11-13-5-6-14-11/h4,9-11H,3,5-8H2,1-2H3. The van der Waals surface area contributed by atoms with E-state index < -0.39 is 0 Å². The molecule has 1 unspecified atom stereocenters. The zero-order valence-electron chi connectivity index (χ0n) is 9.07. The first kappa shape index (κ1) is 11.7. The van der Waals surface area contributed by atoms with Crippen molar-refractivity contribution in [3.05, 3.63) is 0 Å². The van der Waals surface area contributed by atoms with Gasteiger partial charge in [-0.3, -0.25) is 0 Å². The normalized spacial score (nSPS) is 20.2. The summed E-state index contributed by atoms with van der Waals surface area (Å²) in [7, 11) is 0. The average molecular weight is 200 g/mol. The Hall–Kier alpha value is -0.410. The van der Waals surface area contributed by atoms with E-state index in [4.69, 9.17) is 9.47 Å². The summed E-state index contributed by atoms with van der Waals surface area (Å²) in [6.07, 6.45) is 3.49. The molecule has 82 valence electrons. The first-order valence-corrected chi connectivity index (χ1v) is 5.39. The van der Waals surface area contributed by atoms with E-state index in [-0.39, 0.29) is 6.29 Å². The van der Waals surface area contributed by atoms with Gasteiger partial charge in [0.15, 0.2) is 6.29 Å². The van der Waals surface area contributed by atoms with Crippen molar-refractivity contribution in [3.63, 3.8) is 0 Å². The minimum atomic E-state index is -0.0706. The Morgan fingerprint density at radius 1 is 1.36 bits per heavy atom. The number of hydrogen-bond acceptors (Lipinski definition) is 3. The largest absolute Gasteiger partial charge is 0.350 e. The SMILES string of the molecule is CC(C)CC(CC=O)CC1OCCO1. The Morgan fingerprint density at radius 3 is 2.50 bits per heavy atom. The number of ether oxygens (including phenoxy) is 2. The van der Waals surface area contributed by atoms with Gasteiger partial charge in [0.2, 0.25) is 0 Å². The maximum atomic E-state index is 10.5. The molecule has 0 aromatic carbocycles.